The van der Waals surface area contributed by atoms with Crippen LogP contribution in [0.5, 0.6) is 0 Å². The molecule has 0 spiro atoms. The second-order valence-corrected chi connectivity index (χ2v) is 5.15. The number of carboxylic acid groups (broad SMARTS) is 1. The van der Waals surface area contributed by atoms with E-state index in [4.69, 9.17) is 4.52 Å². The van der Waals surface area contributed by atoms with Gasteiger partial charge in [-0.05, 0) is 25.0 Å². The van der Waals surface area contributed by atoms with Crippen molar-refractivity contribution < 1.29 is 23.2 Å². The van der Waals surface area contributed by atoms with Gasteiger partial charge in [0.25, 0.3) is 0 Å². The van der Waals surface area contributed by atoms with Gasteiger partial charge in [-0.3, -0.25) is 0 Å². The molecule has 1 aliphatic carbocycles. The van der Waals surface area contributed by atoms with Gasteiger partial charge < -0.3 is 9.63 Å². The molecule has 3 rings (SSSR count). The molecule has 1 N–H and O–H groups in total. The van der Waals surface area contributed by atoms with Crippen molar-refractivity contribution in [3.8, 4) is 11.3 Å². The molecule has 0 radical (unpaired) electrons. The van der Waals surface area contributed by atoms with Gasteiger partial charge in [0.15, 0.2) is 5.76 Å². The van der Waals surface area contributed by atoms with Gasteiger partial charge in [-0.2, -0.15) is 0 Å². The smallest absolute Gasteiger partial charge is 0.341 e. The van der Waals surface area contributed by atoms with E-state index in [0.29, 0.717) is 0 Å². The maximum Gasteiger partial charge on any atom is 0.341 e. The number of hydrogen-bond acceptors (Lipinski definition) is 3. The minimum atomic E-state index is -1.28. The lowest BCUT2D eigenvalue weighted by atomic mass is 9.97. The van der Waals surface area contributed by atoms with Crippen LogP contribution in [-0.4, -0.2) is 16.2 Å². The number of benzene rings is 1. The first kappa shape index (κ1) is 13.7. The molecule has 0 unspecified atom stereocenters. The fraction of sp³-hybridized carbons (Fsp3) is 0.333. The van der Waals surface area contributed by atoms with Gasteiger partial charge in [0.05, 0.1) is 5.56 Å². The van der Waals surface area contributed by atoms with Crippen LogP contribution in [0, 0.1) is 11.6 Å². The molecule has 0 saturated heterocycles. The first-order chi connectivity index (χ1) is 10.1. The summed E-state index contributed by atoms with van der Waals surface area (Å²) in [6, 6.07) is 3.34. The second kappa shape index (κ2) is 5.27. The van der Waals surface area contributed by atoms with Crippen LogP contribution in [0.25, 0.3) is 11.3 Å². The number of aromatic nitrogens is 1. The van der Waals surface area contributed by atoms with Gasteiger partial charge in [-0.25, -0.2) is 13.6 Å². The van der Waals surface area contributed by atoms with Gasteiger partial charge in [0.2, 0.25) is 0 Å². The van der Waals surface area contributed by atoms with Crippen molar-refractivity contribution in [3.05, 3.63) is 41.2 Å². The third kappa shape index (κ3) is 2.30. The quantitative estimate of drug-likeness (QED) is 0.929. The minimum Gasteiger partial charge on any atom is -0.477 e. The molecule has 1 aromatic heterocycles. The summed E-state index contributed by atoms with van der Waals surface area (Å²) in [7, 11) is 0. The molecular formula is C15H13F2NO3. The van der Waals surface area contributed by atoms with Crippen LogP contribution >= 0.6 is 0 Å². The molecular weight excluding hydrogens is 280 g/mol. The predicted molar refractivity (Wildman–Crippen MR) is 70.0 cm³/mol. The first-order valence-electron chi connectivity index (χ1n) is 6.77. The van der Waals surface area contributed by atoms with Crippen LogP contribution in [0.3, 0.4) is 0 Å². The van der Waals surface area contributed by atoms with Crippen LogP contribution in [0.4, 0.5) is 8.78 Å². The molecule has 1 heterocycles. The van der Waals surface area contributed by atoms with Crippen molar-refractivity contribution in [1.29, 1.82) is 0 Å². The Morgan fingerprint density at radius 3 is 2.43 bits per heavy atom. The zero-order chi connectivity index (χ0) is 15.0. The Morgan fingerprint density at radius 2 is 1.86 bits per heavy atom. The maximum absolute atomic E-state index is 13.9. The molecule has 1 aromatic carbocycles. The summed E-state index contributed by atoms with van der Waals surface area (Å²) < 4.78 is 32.8. The highest BCUT2D eigenvalue weighted by Gasteiger charge is 2.32. The van der Waals surface area contributed by atoms with Gasteiger partial charge in [-0.15, -0.1) is 0 Å². The standard InChI is InChI=1S/C15H13F2NO3/c16-9-6-3-7-10(17)11(9)13-12(15(19)20)14(21-18-13)8-4-1-2-5-8/h3,6-8H,1-2,4-5H2,(H,19,20). The zero-order valence-electron chi connectivity index (χ0n) is 11.1. The molecule has 1 aliphatic rings. The topological polar surface area (TPSA) is 63.3 Å². The Morgan fingerprint density at radius 1 is 1.24 bits per heavy atom. The minimum absolute atomic E-state index is 0.0489. The second-order valence-electron chi connectivity index (χ2n) is 5.15. The first-order valence-corrected chi connectivity index (χ1v) is 6.77. The summed E-state index contributed by atoms with van der Waals surface area (Å²) in [4.78, 5) is 11.5. The van der Waals surface area contributed by atoms with E-state index in [2.05, 4.69) is 5.16 Å². The average Bonchev–Trinajstić information content (AvgIpc) is 3.06. The van der Waals surface area contributed by atoms with Crippen LogP contribution < -0.4 is 0 Å². The highest BCUT2D eigenvalue weighted by atomic mass is 19.1. The summed E-state index contributed by atoms with van der Waals surface area (Å²) in [5.74, 6) is -2.83. The summed E-state index contributed by atoms with van der Waals surface area (Å²) in [5, 5.41) is 13.0. The van der Waals surface area contributed by atoms with E-state index in [1.807, 2.05) is 0 Å². The molecule has 4 nitrogen and oxygen atoms in total. The number of aromatic carboxylic acids is 1. The third-order valence-electron chi connectivity index (χ3n) is 3.86. The molecule has 1 fully saturated rings. The lowest BCUT2D eigenvalue weighted by Gasteiger charge is -2.06. The summed E-state index contributed by atoms with van der Waals surface area (Å²) >= 11 is 0. The van der Waals surface area contributed by atoms with E-state index in [9.17, 15) is 18.7 Å². The fourth-order valence-electron chi connectivity index (χ4n) is 2.87. The maximum atomic E-state index is 13.9. The van der Waals surface area contributed by atoms with E-state index in [-0.39, 0.29) is 22.9 Å². The summed E-state index contributed by atoms with van der Waals surface area (Å²) in [6.45, 7) is 0. The molecule has 110 valence electrons. The van der Waals surface area contributed by atoms with Gasteiger partial charge in [0.1, 0.15) is 22.9 Å². The van der Waals surface area contributed by atoms with Crippen LogP contribution in [-0.2, 0) is 0 Å². The number of carbonyl (C=O) groups is 1. The molecule has 21 heavy (non-hydrogen) atoms. The summed E-state index contributed by atoms with van der Waals surface area (Å²) in [6.07, 6.45) is 3.56. The number of carboxylic acids is 1. The molecule has 2 aromatic rings. The van der Waals surface area contributed by atoms with Crippen LogP contribution in [0.2, 0.25) is 0 Å². The summed E-state index contributed by atoms with van der Waals surface area (Å²) in [5.41, 5.74) is -0.964. The van der Waals surface area contributed by atoms with Gasteiger partial charge in [-0.1, -0.05) is 24.1 Å². The molecule has 1 saturated carbocycles. The largest absolute Gasteiger partial charge is 0.477 e. The van der Waals surface area contributed by atoms with Crippen molar-refractivity contribution in [2.75, 3.05) is 0 Å². The monoisotopic (exact) mass is 293 g/mol. The number of nitrogens with zero attached hydrogens (tertiary/aromatic N) is 1. The molecule has 0 atom stereocenters. The number of hydrogen-bond donors (Lipinski definition) is 1. The normalized spacial score (nSPS) is 15.5. The highest BCUT2D eigenvalue weighted by Crippen LogP contribution is 2.39. The Balaban J connectivity index is 2.17. The van der Waals surface area contributed by atoms with E-state index >= 15 is 0 Å². The van der Waals surface area contributed by atoms with Gasteiger partial charge in [0, 0.05) is 5.92 Å². The number of rotatable bonds is 3. The van der Waals surface area contributed by atoms with Crippen molar-refractivity contribution >= 4 is 5.97 Å². The Hall–Kier alpha value is -2.24. The zero-order valence-corrected chi connectivity index (χ0v) is 11.1. The van der Waals surface area contributed by atoms with Gasteiger partial charge >= 0.3 is 5.97 Å². The van der Waals surface area contributed by atoms with Crippen LogP contribution in [0.1, 0.15) is 47.7 Å². The lowest BCUT2D eigenvalue weighted by Crippen LogP contribution is -2.05. The Kier molecular flexibility index (Phi) is 3.45. The lowest BCUT2D eigenvalue weighted by molar-refractivity contribution is 0.0694. The van der Waals surface area contributed by atoms with Crippen LogP contribution in [0.15, 0.2) is 22.7 Å². The van der Waals surface area contributed by atoms with E-state index in [1.54, 1.807) is 0 Å². The molecule has 0 amide bonds. The van der Waals surface area contributed by atoms with Crippen molar-refractivity contribution in [2.45, 2.75) is 31.6 Å². The van der Waals surface area contributed by atoms with Crippen molar-refractivity contribution in [1.82, 2.24) is 5.16 Å². The molecule has 0 aliphatic heterocycles. The number of halogens is 2. The Labute approximate surface area is 119 Å². The van der Waals surface area contributed by atoms with Crippen molar-refractivity contribution in [2.24, 2.45) is 0 Å². The molecule has 6 heteroatoms. The fourth-order valence-corrected chi connectivity index (χ4v) is 2.87. The van der Waals surface area contributed by atoms with E-state index in [0.717, 1.165) is 37.8 Å². The Bertz CT molecular complexity index is 670. The van der Waals surface area contributed by atoms with Crippen molar-refractivity contribution in [3.63, 3.8) is 0 Å². The third-order valence-corrected chi connectivity index (χ3v) is 3.86. The average molecular weight is 293 g/mol. The SMILES string of the molecule is O=C(O)c1c(-c2c(F)cccc2F)noc1C1CCCC1. The predicted octanol–water partition coefficient (Wildman–Crippen LogP) is 3.98. The molecule has 0 bridgehead atoms. The van der Waals surface area contributed by atoms with E-state index < -0.39 is 23.2 Å². The highest BCUT2D eigenvalue weighted by molar-refractivity contribution is 5.96. The van der Waals surface area contributed by atoms with E-state index in [1.165, 1.54) is 6.07 Å².